The monoisotopic (exact) mass is 671 g/mol. The second-order valence-electron chi connectivity index (χ2n) is 13.0. The average Bonchev–Trinajstić information content (AvgIpc) is 3.09. The molecule has 48 heavy (non-hydrogen) atoms. The average molecular weight is 671 g/mol. The molecular weight excluding hydrogens is 596 g/mol. The van der Waals surface area contributed by atoms with Gasteiger partial charge in [-0.05, 0) is 77.0 Å². The smallest absolute Gasteiger partial charge is 0.306 e. The van der Waals surface area contributed by atoms with Crippen LogP contribution in [0.3, 0.4) is 0 Å². The highest BCUT2D eigenvalue weighted by Gasteiger charge is 2.16. The van der Waals surface area contributed by atoms with Crippen molar-refractivity contribution in [3.63, 3.8) is 0 Å². The minimum Gasteiger partial charge on any atom is -0.462 e. The standard InChI is InChI=1S/C43H74O5/c1-3-5-7-9-11-13-15-17-19-21-23-25-27-29-31-33-35-37-42(45)47-40-41(39-44)48-43(46)38-36-34-32-30-28-26-24-22-20-18-16-14-12-10-8-6-4-2/h11,13,17-20,23,25,29,31,41,44H,3-10,12,14-16,21-22,24,26-28,30,32-40H2,1-2H3/t41-/m0/s1. The number of hydrogen-bond acceptors (Lipinski definition) is 5. The Morgan fingerprint density at radius 3 is 1.38 bits per heavy atom. The van der Waals surface area contributed by atoms with Gasteiger partial charge >= 0.3 is 11.9 Å². The number of ether oxygens (including phenoxy) is 2. The Balaban J connectivity index is 3.67. The van der Waals surface area contributed by atoms with Crippen molar-refractivity contribution in [3.8, 4) is 0 Å². The zero-order chi connectivity index (χ0) is 35.0. The molecule has 5 heteroatoms. The van der Waals surface area contributed by atoms with Gasteiger partial charge in [0.15, 0.2) is 6.10 Å². The zero-order valence-electron chi connectivity index (χ0n) is 31.2. The lowest BCUT2D eigenvalue weighted by Gasteiger charge is -2.15. The van der Waals surface area contributed by atoms with Crippen LogP contribution < -0.4 is 0 Å². The number of aliphatic hydroxyl groups is 1. The molecule has 0 bridgehead atoms. The SMILES string of the molecule is CCCCCC=CCC=CCC=CCC=CCCCC(=O)OC[C@H](CO)OC(=O)CCCCCCCCCC=CCCCCCCCC. The van der Waals surface area contributed by atoms with Crippen LogP contribution in [-0.4, -0.2) is 36.4 Å². The van der Waals surface area contributed by atoms with Crippen LogP contribution in [0.2, 0.25) is 0 Å². The van der Waals surface area contributed by atoms with Gasteiger partial charge in [-0.3, -0.25) is 9.59 Å². The highest BCUT2D eigenvalue weighted by Crippen LogP contribution is 2.12. The first-order chi connectivity index (χ1) is 23.6. The topological polar surface area (TPSA) is 72.8 Å². The van der Waals surface area contributed by atoms with Gasteiger partial charge in [-0.2, -0.15) is 0 Å². The van der Waals surface area contributed by atoms with Crippen LogP contribution in [-0.2, 0) is 19.1 Å². The summed E-state index contributed by atoms with van der Waals surface area (Å²) in [4.78, 5) is 24.2. The molecule has 0 aromatic rings. The first-order valence-electron chi connectivity index (χ1n) is 19.8. The normalized spacial score (nSPS) is 12.8. The third-order valence-electron chi connectivity index (χ3n) is 8.28. The quantitative estimate of drug-likeness (QED) is 0.0413. The van der Waals surface area contributed by atoms with Crippen LogP contribution in [0.1, 0.15) is 181 Å². The summed E-state index contributed by atoms with van der Waals surface area (Å²) in [5.74, 6) is -0.664. The molecule has 0 aromatic carbocycles. The fourth-order valence-corrected chi connectivity index (χ4v) is 5.25. The first-order valence-corrected chi connectivity index (χ1v) is 19.8. The molecule has 0 aliphatic rings. The minimum absolute atomic E-state index is 0.0976. The molecule has 0 saturated heterocycles. The Morgan fingerprint density at radius 1 is 0.479 bits per heavy atom. The first kappa shape index (κ1) is 45.6. The van der Waals surface area contributed by atoms with E-state index in [9.17, 15) is 14.7 Å². The van der Waals surface area contributed by atoms with E-state index in [-0.39, 0.29) is 25.2 Å². The lowest BCUT2D eigenvalue weighted by Crippen LogP contribution is -2.28. The Kier molecular flexibility index (Phi) is 37.1. The van der Waals surface area contributed by atoms with Crippen molar-refractivity contribution in [3.05, 3.63) is 60.8 Å². The van der Waals surface area contributed by atoms with Gasteiger partial charge in [-0.15, -0.1) is 0 Å². The van der Waals surface area contributed by atoms with E-state index >= 15 is 0 Å². The van der Waals surface area contributed by atoms with E-state index in [0.29, 0.717) is 19.3 Å². The van der Waals surface area contributed by atoms with Crippen molar-refractivity contribution >= 4 is 11.9 Å². The molecule has 276 valence electrons. The lowest BCUT2D eigenvalue weighted by atomic mass is 10.1. The molecule has 1 atom stereocenters. The van der Waals surface area contributed by atoms with Gasteiger partial charge in [0.25, 0.3) is 0 Å². The van der Waals surface area contributed by atoms with Crippen LogP contribution in [0.5, 0.6) is 0 Å². The molecular formula is C43H74O5. The van der Waals surface area contributed by atoms with Gasteiger partial charge in [-0.25, -0.2) is 0 Å². The van der Waals surface area contributed by atoms with E-state index in [4.69, 9.17) is 9.47 Å². The Hall–Kier alpha value is -2.40. The lowest BCUT2D eigenvalue weighted by molar-refractivity contribution is -0.161. The highest BCUT2D eigenvalue weighted by atomic mass is 16.6. The number of carbonyl (C=O) groups excluding carboxylic acids is 2. The van der Waals surface area contributed by atoms with Crippen LogP contribution in [0.25, 0.3) is 0 Å². The number of hydrogen-bond donors (Lipinski definition) is 1. The van der Waals surface area contributed by atoms with Crippen LogP contribution in [0.4, 0.5) is 0 Å². The molecule has 1 N–H and O–H groups in total. The number of esters is 2. The molecule has 0 radical (unpaired) electrons. The van der Waals surface area contributed by atoms with Gasteiger partial charge < -0.3 is 14.6 Å². The number of aliphatic hydroxyl groups excluding tert-OH is 1. The van der Waals surface area contributed by atoms with Crippen molar-refractivity contribution in [2.45, 2.75) is 187 Å². The Bertz CT molecular complexity index is 853. The largest absolute Gasteiger partial charge is 0.462 e. The summed E-state index contributed by atoms with van der Waals surface area (Å²) in [6.45, 7) is 4.05. The maximum atomic E-state index is 12.2. The fourth-order valence-electron chi connectivity index (χ4n) is 5.25. The molecule has 0 saturated carbocycles. The molecule has 0 aromatic heterocycles. The van der Waals surface area contributed by atoms with Gasteiger partial charge in [0.1, 0.15) is 6.61 Å². The number of carbonyl (C=O) groups is 2. The van der Waals surface area contributed by atoms with Crippen molar-refractivity contribution < 1.29 is 24.2 Å². The van der Waals surface area contributed by atoms with E-state index in [0.717, 1.165) is 44.9 Å². The third-order valence-corrected chi connectivity index (χ3v) is 8.28. The van der Waals surface area contributed by atoms with E-state index in [1.807, 2.05) is 0 Å². The Morgan fingerprint density at radius 2 is 0.854 bits per heavy atom. The second kappa shape index (κ2) is 39.0. The Labute approximate surface area is 296 Å². The molecule has 0 amide bonds. The maximum Gasteiger partial charge on any atom is 0.306 e. The van der Waals surface area contributed by atoms with Crippen molar-refractivity contribution in [2.24, 2.45) is 0 Å². The second-order valence-corrected chi connectivity index (χ2v) is 13.0. The summed E-state index contributed by atoms with van der Waals surface area (Å²) in [5, 5.41) is 9.55. The van der Waals surface area contributed by atoms with E-state index in [1.165, 1.54) is 103 Å². The molecule has 0 spiro atoms. The minimum atomic E-state index is -0.796. The van der Waals surface area contributed by atoms with E-state index in [2.05, 4.69) is 74.6 Å². The van der Waals surface area contributed by atoms with Gasteiger partial charge in [0, 0.05) is 12.8 Å². The predicted molar refractivity (Wildman–Crippen MR) is 205 cm³/mol. The molecule has 0 heterocycles. The van der Waals surface area contributed by atoms with Gasteiger partial charge in [0.05, 0.1) is 6.61 Å². The van der Waals surface area contributed by atoms with Crippen LogP contribution in [0, 0.1) is 0 Å². The summed E-state index contributed by atoms with van der Waals surface area (Å²) in [6, 6.07) is 0. The molecule has 0 fully saturated rings. The summed E-state index contributed by atoms with van der Waals surface area (Å²) < 4.78 is 10.6. The molecule has 0 aliphatic heterocycles. The molecule has 0 unspecified atom stereocenters. The highest BCUT2D eigenvalue weighted by molar-refractivity contribution is 5.70. The van der Waals surface area contributed by atoms with Crippen molar-refractivity contribution in [1.82, 2.24) is 0 Å². The van der Waals surface area contributed by atoms with Crippen molar-refractivity contribution in [2.75, 3.05) is 13.2 Å². The predicted octanol–water partition coefficient (Wildman–Crippen LogP) is 12.4. The molecule has 0 rings (SSSR count). The summed E-state index contributed by atoms with van der Waals surface area (Å²) in [5.41, 5.74) is 0. The van der Waals surface area contributed by atoms with Crippen LogP contribution in [0.15, 0.2) is 60.8 Å². The van der Waals surface area contributed by atoms with Gasteiger partial charge in [-0.1, -0.05) is 152 Å². The number of allylic oxidation sites excluding steroid dienone is 10. The summed E-state index contributed by atoms with van der Waals surface area (Å²) >= 11 is 0. The summed E-state index contributed by atoms with van der Waals surface area (Å²) in [6.07, 6.45) is 50.0. The van der Waals surface area contributed by atoms with Crippen LogP contribution >= 0.6 is 0 Å². The summed E-state index contributed by atoms with van der Waals surface area (Å²) in [7, 11) is 0. The fraction of sp³-hybridized carbons (Fsp3) is 0.721. The van der Waals surface area contributed by atoms with E-state index in [1.54, 1.807) is 0 Å². The number of unbranched alkanes of at least 4 members (excludes halogenated alkanes) is 17. The van der Waals surface area contributed by atoms with Gasteiger partial charge in [0.2, 0.25) is 0 Å². The third kappa shape index (κ3) is 36.4. The zero-order valence-corrected chi connectivity index (χ0v) is 31.2. The van der Waals surface area contributed by atoms with Crippen molar-refractivity contribution in [1.29, 1.82) is 0 Å². The van der Waals surface area contributed by atoms with E-state index < -0.39 is 6.10 Å². The molecule has 0 aliphatic carbocycles. The maximum absolute atomic E-state index is 12.2. The number of rotatable bonds is 35. The molecule has 5 nitrogen and oxygen atoms in total.